The van der Waals surface area contributed by atoms with Crippen molar-refractivity contribution in [3.05, 3.63) is 0 Å². The van der Waals surface area contributed by atoms with Gasteiger partial charge in [0.15, 0.2) is 0 Å². The number of rotatable bonds is 0. The molecule has 0 aromatic heterocycles. The SMILES string of the molecule is O=C1CC[C@H]2OC(=O)[C@@H]3CCC[C@@H]1[C@@H]23. The number of carbonyl (C=O) groups is 2. The summed E-state index contributed by atoms with van der Waals surface area (Å²) in [6.07, 6.45) is 4.38. The van der Waals surface area contributed by atoms with Gasteiger partial charge >= 0.3 is 5.97 Å². The zero-order valence-corrected chi connectivity index (χ0v) is 8.07. The van der Waals surface area contributed by atoms with Gasteiger partial charge < -0.3 is 4.74 Å². The fourth-order valence-corrected chi connectivity index (χ4v) is 3.43. The van der Waals surface area contributed by atoms with E-state index in [0.29, 0.717) is 12.2 Å². The summed E-state index contributed by atoms with van der Waals surface area (Å²) in [5.41, 5.74) is 0. The zero-order chi connectivity index (χ0) is 9.71. The highest BCUT2D eigenvalue weighted by molar-refractivity contribution is 5.85. The second kappa shape index (κ2) is 2.81. The standard InChI is InChI=1S/C11H14O3/c12-8-4-5-9-10-6(8)2-1-3-7(10)11(13)14-9/h6-7,9-10H,1-5H2/t6-,7+,9+,10+/m0/s1. The Morgan fingerprint density at radius 2 is 1.86 bits per heavy atom. The molecule has 3 rings (SSSR count). The quantitative estimate of drug-likeness (QED) is 0.546. The molecule has 1 saturated heterocycles. The summed E-state index contributed by atoms with van der Waals surface area (Å²) in [5.74, 6) is 0.744. The minimum atomic E-state index is -0.0422. The Bertz CT molecular complexity index is 295. The summed E-state index contributed by atoms with van der Waals surface area (Å²) < 4.78 is 5.34. The summed E-state index contributed by atoms with van der Waals surface area (Å²) in [5, 5.41) is 0. The third kappa shape index (κ3) is 0.983. The van der Waals surface area contributed by atoms with Gasteiger partial charge in [0.1, 0.15) is 11.9 Å². The van der Waals surface area contributed by atoms with Crippen molar-refractivity contribution in [2.45, 2.75) is 38.2 Å². The van der Waals surface area contributed by atoms with Gasteiger partial charge in [-0.25, -0.2) is 0 Å². The smallest absolute Gasteiger partial charge is 0.309 e. The maximum absolute atomic E-state index is 11.7. The van der Waals surface area contributed by atoms with Crippen molar-refractivity contribution in [3.8, 4) is 0 Å². The maximum Gasteiger partial charge on any atom is 0.309 e. The lowest BCUT2D eigenvalue weighted by Gasteiger charge is -2.36. The van der Waals surface area contributed by atoms with Crippen molar-refractivity contribution in [2.24, 2.45) is 17.8 Å². The molecule has 3 aliphatic rings. The monoisotopic (exact) mass is 194 g/mol. The fraction of sp³-hybridized carbons (Fsp3) is 0.818. The van der Waals surface area contributed by atoms with Crippen molar-refractivity contribution in [1.82, 2.24) is 0 Å². The first-order chi connectivity index (χ1) is 6.77. The van der Waals surface area contributed by atoms with Gasteiger partial charge in [-0.15, -0.1) is 0 Å². The molecule has 4 atom stereocenters. The Morgan fingerprint density at radius 1 is 1.07 bits per heavy atom. The van der Waals surface area contributed by atoms with E-state index in [9.17, 15) is 9.59 Å². The van der Waals surface area contributed by atoms with Crippen LogP contribution in [-0.4, -0.2) is 17.9 Å². The van der Waals surface area contributed by atoms with Crippen LogP contribution in [0, 0.1) is 17.8 Å². The van der Waals surface area contributed by atoms with E-state index in [2.05, 4.69) is 0 Å². The molecule has 0 amide bonds. The molecule has 3 nitrogen and oxygen atoms in total. The molecule has 0 aromatic carbocycles. The first-order valence-electron chi connectivity index (χ1n) is 5.50. The van der Waals surface area contributed by atoms with Crippen molar-refractivity contribution in [3.63, 3.8) is 0 Å². The molecule has 14 heavy (non-hydrogen) atoms. The van der Waals surface area contributed by atoms with E-state index in [1.165, 1.54) is 0 Å². The molecule has 2 saturated carbocycles. The average Bonchev–Trinajstić information content (AvgIpc) is 2.52. The molecular weight excluding hydrogens is 180 g/mol. The zero-order valence-electron chi connectivity index (χ0n) is 8.07. The summed E-state index contributed by atoms with van der Waals surface area (Å²) >= 11 is 0. The number of ketones is 1. The summed E-state index contributed by atoms with van der Waals surface area (Å²) in [6, 6.07) is 0. The predicted octanol–water partition coefficient (Wildman–Crippen LogP) is 1.31. The van der Waals surface area contributed by atoms with Gasteiger partial charge in [0.25, 0.3) is 0 Å². The molecule has 1 aliphatic heterocycles. The Balaban J connectivity index is 1.95. The molecule has 1 heterocycles. The van der Waals surface area contributed by atoms with Crippen LogP contribution in [0.1, 0.15) is 32.1 Å². The van der Waals surface area contributed by atoms with Crippen LogP contribution < -0.4 is 0 Å². The predicted molar refractivity (Wildman–Crippen MR) is 48.4 cm³/mol. The molecule has 0 unspecified atom stereocenters. The molecule has 0 N–H and O–H groups in total. The molecule has 0 radical (unpaired) electrons. The second-order valence-electron chi connectivity index (χ2n) is 4.70. The second-order valence-corrected chi connectivity index (χ2v) is 4.70. The summed E-state index contributed by atoms with van der Waals surface area (Å²) in [4.78, 5) is 23.2. The van der Waals surface area contributed by atoms with Gasteiger partial charge in [-0.05, 0) is 19.3 Å². The Kier molecular flexibility index (Phi) is 1.70. The molecule has 3 heteroatoms. The van der Waals surface area contributed by atoms with Crippen LogP contribution in [0.15, 0.2) is 0 Å². The van der Waals surface area contributed by atoms with Crippen LogP contribution in [0.5, 0.6) is 0 Å². The largest absolute Gasteiger partial charge is 0.462 e. The first-order valence-corrected chi connectivity index (χ1v) is 5.50. The van der Waals surface area contributed by atoms with E-state index < -0.39 is 0 Å². The van der Waals surface area contributed by atoms with Crippen LogP contribution in [0.4, 0.5) is 0 Å². The number of carbonyl (C=O) groups excluding carboxylic acids is 2. The third-order valence-corrected chi connectivity index (χ3v) is 4.05. The Labute approximate surface area is 82.8 Å². The van der Waals surface area contributed by atoms with Gasteiger partial charge in [-0.1, -0.05) is 6.42 Å². The van der Waals surface area contributed by atoms with Crippen molar-refractivity contribution >= 4 is 11.8 Å². The van der Waals surface area contributed by atoms with Crippen LogP contribution in [-0.2, 0) is 14.3 Å². The van der Waals surface area contributed by atoms with Gasteiger partial charge in [0, 0.05) is 18.3 Å². The van der Waals surface area contributed by atoms with Gasteiger partial charge in [-0.2, -0.15) is 0 Å². The van der Waals surface area contributed by atoms with E-state index >= 15 is 0 Å². The Hall–Kier alpha value is -0.860. The minimum Gasteiger partial charge on any atom is -0.462 e. The van der Waals surface area contributed by atoms with Crippen LogP contribution in [0.2, 0.25) is 0 Å². The molecule has 2 aliphatic carbocycles. The maximum atomic E-state index is 11.7. The van der Waals surface area contributed by atoms with E-state index in [4.69, 9.17) is 4.74 Å². The highest BCUT2D eigenvalue weighted by Gasteiger charge is 2.53. The molecule has 0 spiro atoms. The topological polar surface area (TPSA) is 43.4 Å². The molecule has 0 bridgehead atoms. The van der Waals surface area contributed by atoms with E-state index in [-0.39, 0.29) is 29.8 Å². The highest BCUT2D eigenvalue weighted by Crippen LogP contribution is 2.47. The lowest BCUT2D eigenvalue weighted by Crippen LogP contribution is -2.41. The van der Waals surface area contributed by atoms with Gasteiger partial charge in [0.2, 0.25) is 0 Å². The number of ether oxygens (including phenoxy) is 1. The van der Waals surface area contributed by atoms with Gasteiger partial charge in [0.05, 0.1) is 5.92 Å². The number of esters is 1. The lowest BCUT2D eigenvalue weighted by molar-refractivity contribution is -0.145. The van der Waals surface area contributed by atoms with Gasteiger partial charge in [-0.3, -0.25) is 9.59 Å². The molecule has 0 aromatic rings. The molecule has 3 fully saturated rings. The summed E-state index contributed by atoms with van der Waals surface area (Å²) in [7, 11) is 0. The fourth-order valence-electron chi connectivity index (χ4n) is 3.43. The number of Topliss-reactive ketones (excluding diaryl/α,β-unsaturated/α-hetero) is 1. The minimum absolute atomic E-state index is 0.0422. The number of hydrogen-bond donors (Lipinski definition) is 0. The first kappa shape index (κ1) is 8.45. The summed E-state index contributed by atoms with van der Waals surface area (Å²) in [6.45, 7) is 0. The highest BCUT2D eigenvalue weighted by atomic mass is 16.6. The van der Waals surface area contributed by atoms with Crippen molar-refractivity contribution < 1.29 is 14.3 Å². The van der Waals surface area contributed by atoms with Crippen molar-refractivity contribution in [2.75, 3.05) is 0 Å². The van der Waals surface area contributed by atoms with Crippen LogP contribution in [0.3, 0.4) is 0 Å². The van der Waals surface area contributed by atoms with Crippen LogP contribution >= 0.6 is 0 Å². The van der Waals surface area contributed by atoms with E-state index in [0.717, 1.165) is 25.7 Å². The van der Waals surface area contributed by atoms with Crippen molar-refractivity contribution in [1.29, 1.82) is 0 Å². The van der Waals surface area contributed by atoms with E-state index in [1.807, 2.05) is 0 Å². The average molecular weight is 194 g/mol. The lowest BCUT2D eigenvalue weighted by atomic mass is 9.65. The normalized spacial score (nSPS) is 46.0. The molecule has 76 valence electrons. The molecular formula is C11H14O3. The van der Waals surface area contributed by atoms with Crippen LogP contribution in [0.25, 0.3) is 0 Å². The Morgan fingerprint density at radius 3 is 2.71 bits per heavy atom. The van der Waals surface area contributed by atoms with E-state index in [1.54, 1.807) is 0 Å². The third-order valence-electron chi connectivity index (χ3n) is 4.05. The number of hydrogen-bond acceptors (Lipinski definition) is 3.